The van der Waals surface area contributed by atoms with Crippen LogP contribution in [0, 0.1) is 5.41 Å². The average molecular weight is 244 g/mol. The fourth-order valence-electron chi connectivity index (χ4n) is 2.48. The second-order valence-corrected chi connectivity index (χ2v) is 5.88. The number of hydrogen-bond acceptors (Lipinski definition) is 4. The van der Waals surface area contributed by atoms with E-state index in [0.29, 0.717) is 25.2 Å². The lowest BCUT2D eigenvalue weighted by atomic mass is 9.64. The van der Waals surface area contributed by atoms with Crippen LogP contribution in [0.15, 0.2) is 0 Å². The standard InChI is InChI=1S/C13H28N2O2/c1-6-17-12-7-11(13(12,2)3)14-8-10(16)9-15(4)5/h10-12,14,16H,6-9H2,1-5H3. The summed E-state index contributed by atoms with van der Waals surface area (Å²) in [5, 5.41) is 13.2. The molecule has 0 bridgehead atoms. The Hall–Kier alpha value is -0.160. The van der Waals surface area contributed by atoms with Crippen molar-refractivity contribution in [2.75, 3.05) is 33.8 Å². The summed E-state index contributed by atoms with van der Waals surface area (Å²) in [4.78, 5) is 2.00. The van der Waals surface area contributed by atoms with Crippen molar-refractivity contribution in [1.82, 2.24) is 10.2 Å². The maximum atomic E-state index is 9.79. The zero-order valence-corrected chi connectivity index (χ0v) is 11.9. The first kappa shape index (κ1) is 14.9. The van der Waals surface area contributed by atoms with Gasteiger partial charge < -0.3 is 20.1 Å². The summed E-state index contributed by atoms with van der Waals surface area (Å²) in [6.45, 7) is 8.64. The summed E-state index contributed by atoms with van der Waals surface area (Å²) >= 11 is 0. The maximum absolute atomic E-state index is 9.79. The molecule has 1 rings (SSSR count). The van der Waals surface area contributed by atoms with Crippen LogP contribution in [0.1, 0.15) is 27.2 Å². The van der Waals surface area contributed by atoms with E-state index < -0.39 is 0 Å². The molecule has 0 radical (unpaired) electrons. The predicted molar refractivity (Wildman–Crippen MR) is 70.2 cm³/mol. The molecule has 0 aromatic rings. The first-order chi connectivity index (χ1) is 7.87. The number of hydrogen-bond donors (Lipinski definition) is 2. The number of aliphatic hydroxyl groups is 1. The third-order valence-corrected chi connectivity index (χ3v) is 3.72. The van der Waals surface area contributed by atoms with Gasteiger partial charge in [-0.1, -0.05) is 13.8 Å². The van der Waals surface area contributed by atoms with Crippen molar-refractivity contribution in [3.05, 3.63) is 0 Å². The van der Waals surface area contributed by atoms with Crippen LogP contribution in [0.4, 0.5) is 0 Å². The average Bonchev–Trinajstić information content (AvgIpc) is 2.21. The summed E-state index contributed by atoms with van der Waals surface area (Å²) < 4.78 is 5.68. The highest BCUT2D eigenvalue weighted by atomic mass is 16.5. The lowest BCUT2D eigenvalue weighted by molar-refractivity contribution is -0.115. The van der Waals surface area contributed by atoms with E-state index >= 15 is 0 Å². The van der Waals surface area contributed by atoms with E-state index in [4.69, 9.17) is 4.74 Å². The fraction of sp³-hybridized carbons (Fsp3) is 1.00. The van der Waals surface area contributed by atoms with Crippen molar-refractivity contribution < 1.29 is 9.84 Å². The first-order valence-electron chi connectivity index (χ1n) is 6.55. The molecule has 17 heavy (non-hydrogen) atoms. The molecule has 1 aliphatic carbocycles. The van der Waals surface area contributed by atoms with Crippen LogP contribution in [0.2, 0.25) is 0 Å². The van der Waals surface area contributed by atoms with Crippen LogP contribution in [-0.2, 0) is 4.74 Å². The molecular weight excluding hydrogens is 216 g/mol. The second kappa shape index (κ2) is 6.14. The van der Waals surface area contributed by atoms with Gasteiger partial charge in [-0.25, -0.2) is 0 Å². The number of aliphatic hydroxyl groups excluding tert-OH is 1. The van der Waals surface area contributed by atoms with Crippen molar-refractivity contribution in [3.63, 3.8) is 0 Å². The van der Waals surface area contributed by atoms with E-state index in [-0.39, 0.29) is 11.5 Å². The van der Waals surface area contributed by atoms with Crippen molar-refractivity contribution in [1.29, 1.82) is 0 Å². The van der Waals surface area contributed by atoms with E-state index in [0.717, 1.165) is 13.0 Å². The van der Waals surface area contributed by atoms with E-state index in [2.05, 4.69) is 19.2 Å². The monoisotopic (exact) mass is 244 g/mol. The molecule has 0 spiro atoms. The lowest BCUT2D eigenvalue weighted by Gasteiger charge is -2.52. The number of ether oxygens (including phenoxy) is 1. The summed E-state index contributed by atoms with van der Waals surface area (Å²) in [6.07, 6.45) is 1.11. The molecule has 102 valence electrons. The van der Waals surface area contributed by atoms with E-state index in [9.17, 15) is 5.11 Å². The molecule has 2 N–H and O–H groups in total. The Morgan fingerprint density at radius 3 is 2.59 bits per heavy atom. The molecule has 4 nitrogen and oxygen atoms in total. The van der Waals surface area contributed by atoms with Crippen LogP contribution < -0.4 is 5.32 Å². The van der Waals surface area contributed by atoms with Crippen LogP contribution in [-0.4, -0.2) is 62.0 Å². The molecule has 3 unspecified atom stereocenters. The molecular formula is C13H28N2O2. The molecule has 1 saturated carbocycles. The Balaban J connectivity index is 2.26. The zero-order valence-electron chi connectivity index (χ0n) is 11.9. The Morgan fingerprint density at radius 1 is 1.47 bits per heavy atom. The van der Waals surface area contributed by atoms with E-state index in [1.807, 2.05) is 25.9 Å². The Labute approximate surface area is 105 Å². The van der Waals surface area contributed by atoms with Gasteiger partial charge in [-0.2, -0.15) is 0 Å². The van der Waals surface area contributed by atoms with Gasteiger partial charge in [-0.15, -0.1) is 0 Å². The summed E-state index contributed by atoms with van der Waals surface area (Å²) in [5.74, 6) is 0. The van der Waals surface area contributed by atoms with E-state index in [1.165, 1.54) is 0 Å². The highest BCUT2D eigenvalue weighted by Gasteiger charge is 2.48. The number of likely N-dealkylation sites (N-methyl/N-ethyl adjacent to an activating group) is 1. The van der Waals surface area contributed by atoms with Crippen molar-refractivity contribution in [2.45, 2.75) is 45.4 Å². The molecule has 0 aromatic heterocycles. The van der Waals surface area contributed by atoms with Gasteiger partial charge in [-0.05, 0) is 27.4 Å². The molecule has 0 amide bonds. The summed E-state index contributed by atoms with van der Waals surface area (Å²) in [6, 6.07) is 0.455. The summed E-state index contributed by atoms with van der Waals surface area (Å²) in [5.41, 5.74) is 0.174. The quantitative estimate of drug-likeness (QED) is 0.692. The molecule has 0 aliphatic heterocycles. The van der Waals surface area contributed by atoms with Crippen LogP contribution in [0.5, 0.6) is 0 Å². The molecule has 0 saturated heterocycles. The van der Waals surface area contributed by atoms with Crippen molar-refractivity contribution >= 4 is 0 Å². The highest BCUT2D eigenvalue weighted by Crippen LogP contribution is 2.42. The smallest absolute Gasteiger partial charge is 0.0791 e. The van der Waals surface area contributed by atoms with Gasteiger partial charge in [0.2, 0.25) is 0 Å². The van der Waals surface area contributed by atoms with Gasteiger partial charge in [0.25, 0.3) is 0 Å². The number of rotatable bonds is 7. The van der Waals surface area contributed by atoms with Gasteiger partial charge in [0.05, 0.1) is 12.2 Å². The van der Waals surface area contributed by atoms with Gasteiger partial charge in [0.15, 0.2) is 0 Å². The number of nitrogens with zero attached hydrogens (tertiary/aromatic N) is 1. The van der Waals surface area contributed by atoms with Crippen LogP contribution in [0.25, 0.3) is 0 Å². The summed E-state index contributed by atoms with van der Waals surface area (Å²) in [7, 11) is 3.95. The minimum atomic E-state index is -0.299. The molecule has 0 heterocycles. The topological polar surface area (TPSA) is 44.7 Å². The van der Waals surface area contributed by atoms with Gasteiger partial charge in [0.1, 0.15) is 0 Å². The van der Waals surface area contributed by atoms with Gasteiger partial charge in [0, 0.05) is 31.2 Å². The minimum Gasteiger partial charge on any atom is -0.390 e. The van der Waals surface area contributed by atoms with Gasteiger partial charge in [-0.3, -0.25) is 0 Å². The van der Waals surface area contributed by atoms with Crippen LogP contribution >= 0.6 is 0 Å². The highest BCUT2D eigenvalue weighted by molar-refractivity contribution is 5.02. The van der Waals surface area contributed by atoms with Crippen molar-refractivity contribution in [3.8, 4) is 0 Å². The Morgan fingerprint density at radius 2 is 2.12 bits per heavy atom. The normalized spacial score (nSPS) is 29.1. The Kier molecular flexibility index (Phi) is 5.38. The largest absolute Gasteiger partial charge is 0.390 e. The second-order valence-electron chi connectivity index (χ2n) is 5.88. The minimum absolute atomic E-state index is 0.174. The van der Waals surface area contributed by atoms with Crippen molar-refractivity contribution in [2.24, 2.45) is 5.41 Å². The molecule has 0 aromatic carbocycles. The third-order valence-electron chi connectivity index (χ3n) is 3.72. The number of nitrogens with one attached hydrogen (secondary N) is 1. The van der Waals surface area contributed by atoms with Crippen LogP contribution in [0.3, 0.4) is 0 Å². The lowest BCUT2D eigenvalue weighted by Crippen LogP contribution is -2.62. The predicted octanol–water partition coefficient (Wildman–Crippen LogP) is 0.702. The molecule has 4 heteroatoms. The SMILES string of the molecule is CCOC1CC(NCC(O)CN(C)C)C1(C)C. The van der Waals surface area contributed by atoms with E-state index in [1.54, 1.807) is 0 Å². The Bertz CT molecular complexity index is 231. The molecule has 1 fully saturated rings. The fourth-order valence-corrected chi connectivity index (χ4v) is 2.48. The molecule has 1 aliphatic rings. The maximum Gasteiger partial charge on any atom is 0.0791 e. The third kappa shape index (κ3) is 3.91. The van der Waals surface area contributed by atoms with Gasteiger partial charge >= 0.3 is 0 Å². The zero-order chi connectivity index (χ0) is 13.1. The molecule has 3 atom stereocenters. The first-order valence-corrected chi connectivity index (χ1v) is 6.55.